The molecule has 1 heterocycles. The number of hydrogen-bond donors (Lipinski definition) is 0. The minimum Gasteiger partial charge on any atom is -0.294 e. The first-order valence-corrected chi connectivity index (χ1v) is 6.49. The Morgan fingerprint density at radius 2 is 1.88 bits per heavy atom. The van der Waals surface area contributed by atoms with Crippen LogP contribution in [0.25, 0.3) is 0 Å². The van der Waals surface area contributed by atoms with Crippen LogP contribution in [0.4, 0.5) is 0 Å². The molecule has 1 unspecified atom stereocenters. The van der Waals surface area contributed by atoms with E-state index in [-0.39, 0.29) is 10.7 Å². The molecule has 0 fully saturated rings. The second-order valence-electron chi connectivity index (χ2n) is 5.17. The molecule has 86 valence electrons. The van der Waals surface area contributed by atoms with Gasteiger partial charge in [0, 0.05) is 21.1 Å². The Kier molecular flexibility index (Phi) is 2.66. The highest BCUT2D eigenvalue weighted by molar-refractivity contribution is 8.00. The third-order valence-corrected chi connectivity index (χ3v) is 5.19. The van der Waals surface area contributed by atoms with E-state index in [2.05, 4.69) is 39.8 Å². The monoisotopic (exact) mass is 234 g/mol. The van der Waals surface area contributed by atoms with Crippen molar-refractivity contribution in [2.75, 3.05) is 0 Å². The molecule has 0 aromatic heterocycles. The maximum Gasteiger partial charge on any atom is 0.168 e. The fourth-order valence-corrected chi connectivity index (χ4v) is 3.43. The van der Waals surface area contributed by atoms with Crippen LogP contribution < -0.4 is 0 Å². The predicted molar refractivity (Wildman–Crippen MR) is 69.3 cm³/mol. The standard InChI is InChI=1S/C14H18OS/c1-8-6-7-11-12(9(8)2)13(15)10(3)14(4,5)16-11/h6-7,10H,1-5H3. The minimum atomic E-state index is 0.00574. The average molecular weight is 234 g/mol. The van der Waals surface area contributed by atoms with E-state index in [1.165, 1.54) is 5.56 Å². The van der Waals surface area contributed by atoms with Crippen molar-refractivity contribution in [1.82, 2.24) is 0 Å². The van der Waals surface area contributed by atoms with E-state index < -0.39 is 0 Å². The summed E-state index contributed by atoms with van der Waals surface area (Å²) >= 11 is 1.83. The van der Waals surface area contributed by atoms with Crippen molar-refractivity contribution in [2.45, 2.75) is 44.3 Å². The highest BCUT2D eigenvalue weighted by Gasteiger charge is 2.39. The van der Waals surface area contributed by atoms with Gasteiger partial charge >= 0.3 is 0 Å². The van der Waals surface area contributed by atoms with Gasteiger partial charge in [-0.15, -0.1) is 11.8 Å². The zero-order valence-electron chi connectivity index (χ0n) is 10.5. The molecule has 1 aliphatic heterocycles. The van der Waals surface area contributed by atoms with Crippen LogP contribution in [0.2, 0.25) is 0 Å². The minimum absolute atomic E-state index is 0.00574. The lowest BCUT2D eigenvalue weighted by molar-refractivity contribution is 0.0903. The van der Waals surface area contributed by atoms with Crippen LogP contribution in [0.3, 0.4) is 0 Å². The highest BCUT2D eigenvalue weighted by Crippen LogP contribution is 2.47. The molecule has 1 nitrogen and oxygen atoms in total. The summed E-state index contributed by atoms with van der Waals surface area (Å²) in [6.45, 7) is 10.5. The molecule has 1 aromatic rings. The van der Waals surface area contributed by atoms with Gasteiger partial charge in [-0.05, 0) is 44.9 Å². The van der Waals surface area contributed by atoms with Gasteiger partial charge < -0.3 is 0 Å². The van der Waals surface area contributed by atoms with Gasteiger partial charge in [-0.25, -0.2) is 0 Å². The molecule has 0 amide bonds. The van der Waals surface area contributed by atoms with E-state index in [9.17, 15) is 4.79 Å². The molecular formula is C14H18OS. The number of benzene rings is 1. The summed E-state index contributed by atoms with van der Waals surface area (Å²) in [5.41, 5.74) is 3.31. The third kappa shape index (κ3) is 1.60. The number of carbonyl (C=O) groups is 1. The van der Waals surface area contributed by atoms with Crippen LogP contribution in [-0.2, 0) is 0 Å². The number of fused-ring (bicyclic) bond motifs is 1. The summed E-state index contributed by atoms with van der Waals surface area (Å²) in [5, 5.41) is 0. The molecule has 0 N–H and O–H groups in total. The van der Waals surface area contributed by atoms with E-state index in [1.54, 1.807) is 0 Å². The van der Waals surface area contributed by atoms with Crippen molar-refractivity contribution in [3.05, 3.63) is 28.8 Å². The number of rotatable bonds is 0. The van der Waals surface area contributed by atoms with Crippen molar-refractivity contribution < 1.29 is 4.79 Å². The molecule has 1 atom stereocenters. The molecule has 1 aliphatic rings. The highest BCUT2D eigenvalue weighted by atomic mass is 32.2. The predicted octanol–water partition coefficient (Wildman–Crippen LogP) is 4.01. The van der Waals surface area contributed by atoms with Crippen LogP contribution in [0.1, 0.15) is 42.3 Å². The first-order valence-electron chi connectivity index (χ1n) is 5.68. The topological polar surface area (TPSA) is 17.1 Å². The fourth-order valence-electron chi connectivity index (χ4n) is 2.09. The molecule has 0 radical (unpaired) electrons. The zero-order valence-corrected chi connectivity index (χ0v) is 11.4. The summed E-state index contributed by atoms with van der Waals surface area (Å²) in [4.78, 5) is 13.5. The second-order valence-corrected chi connectivity index (χ2v) is 6.87. The van der Waals surface area contributed by atoms with Gasteiger partial charge in [0.1, 0.15) is 0 Å². The van der Waals surface area contributed by atoms with Crippen LogP contribution in [0.15, 0.2) is 17.0 Å². The first kappa shape index (κ1) is 11.7. The zero-order chi connectivity index (χ0) is 12.1. The van der Waals surface area contributed by atoms with Crippen molar-refractivity contribution in [3.8, 4) is 0 Å². The summed E-state index contributed by atoms with van der Waals surface area (Å²) in [6, 6.07) is 4.20. The quantitative estimate of drug-likeness (QED) is 0.674. The van der Waals surface area contributed by atoms with Crippen LogP contribution in [0.5, 0.6) is 0 Å². The Bertz CT molecular complexity index is 460. The Balaban J connectivity index is 2.64. The van der Waals surface area contributed by atoms with Crippen molar-refractivity contribution in [1.29, 1.82) is 0 Å². The van der Waals surface area contributed by atoms with E-state index in [1.807, 2.05) is 18.7 Å². The number of aryl methyl sites for hydroxylation is 1. The number of hydrogen-bond acceptors (Lipinski definition) is 2. The third-order valence-electron chi connectivity index (χ3n) is 3.75. The number of Topliss-reactive ketones (excluding diaryl/α,β-unsaturated/α-hetero) is 1. The lowest BCUT2D eigenvalue weighted by Crippen LogP contribution is -2.36. The Labute approximate surface area is 102 Å². The summed E-state index contributed by atoms with van der Waals surface area (Å²) < 4.78 is 0.00574. The molecule has 0 saturated carbocycles. The van der Waals surface area contributed by atoms with Gasteiger partial charge in [-0.1, -0.05) is 13.0 Å². The van der Waals surface area contributed by atoms with Gasteiger partial charge in [-0.3, -0.25) is 4.79 Å². The number of carbonyl (C=O) groups excluding carboxylic acids is 1. The SMILES string of the molecule is Cc1ccc2c(c1C)C(=O)C(C)C(C)(C)S2. The molecule has 1 aromatic carbocycles. The fraction of sp³-hybridized carbons (Fsp3) is 0.500. The lowest BCUT2D eigenvalue weighted by Gasteiger charge is -2.36. The molecular weight excluding hydrogens is 216 g/mol. The van der Waals surface area contributed by atoms with Gasteiger partial charge in [0.2, 0.25) is 0 Å². The van der Waals surface area contributed by atoms with Crippen LogP contribution in [0, 0.1) is 19.8 Å². The van der Waals surface area contributed by atoms with E-state index in [0.29, 0.717) is 5.78 Å². The van der Waals surface area contributed by atoms with Crippen LogP contribution >= 0.6 is 11.8 Å². The normalized spacial score (nSPS) is 23.1. The van der Waals surface area contributed by atoms with Gasteiger partial charge in [0.25, 0.3) is 0 Å². The molecule has 2 rings (SSSR count). The molecule has 0 saturated heterocycles. The van der Waals surface area contributed by atoms with E-state index in [0.717, 1.165) is 16.0 Å². The number of thioether (sulfide) groups is 1. The van der Waals surface area contributed by atoms with Crippen LogP contribution in [-0.4, -0.2) is 10.5 Å². The largest absolute Gasteiger partial charge is 0.294 e. The first-order chi connectivity index (χ1) is 7.34. The van der Waals surface area contributed by atoms with Crippen molar-refractivity contribution in [2.24, 2.45) is 5.92 Å². The molecule has 0 bridgehead atoms. The summed E-state index contributed by atoms with van der Waals surface area (Å²) in [6.07, 6.45) is 0. The maximum absolute atomic E-state index is 12.4. The summed E-state index contributed by atoms with van der Waals surface area (Å²) in [7, 11) is 0. The molecule has 16 heavy (non-hydrogen) atoms. The average Bonchev–Trinajstić information content (AvgIpc) is 2.20. The Morgan fingerprint density at radius 3 is 2.50 bits per heavy atom. The smallest absolute Gasteiger partial charge is 0.168 e. The summed E-state index contributed by atoms with van der Waals surface area (Å²) in [5.74, 6) is 0.394. The van der Waals surface area contributed by atoms with E-state index in [4.69, 9.17) is 0 Å². The van der Waals surface area contributed by atoms with E-state index >= 15 is 0 Å². The van der Waals surface area contributed by atoms with Crippen molar-refractivity contribution in [3.63, 3.8) is 0 Å². The second kappa shape index (κ2) is 3.63. The Morgan fingerprint density at radius 1 is 1.25 bits per heavy atom. The molecule has 0 aliphatic carbocycles. The van der Waals surface area contributed by atoms with Gasteiger partial charge in [-0.2, -0.15) is 0 Å². The molecule has 0 spiro atoms. The number of ketones is 1. The molecule has 2 heteroatoms. The maximum atomic E-state index is 12.4. The lowest BCUT2D eigenvalue weighted by atomic mass is 9.85. The van der Waals surface area contributed by atoms with Gasteiger partial charge in [0.15, 0.2) is 5.78 Å². The van der Waals surface area contributed by atoms with Crippen molar-refractivity contribution >= 4 is 17.5 Å². The van der Waals surface area contributed by atoms with Gasteiger partial charge in [0.05, 0.1) is 0 Å². The Hall–Kier alpha value is -0.760.